The van der Waals surface area contributed by atoms with Crippen molar-refractivity contribution in [3.05, 3.63) is 60.2 Å². The van der Waals surface area contributed by atoms with Gasteiger partial charge in [0.2, 0.25) is 11.8 Å². The Morgan fingerprint density at radius 3 is 2.04 bits per heavy atom. The molecule has 1 aliphatic carbocycles. The highest BCUT2D eigenvalue weighted by Gasteiger charge is 2.48. The molecular weight excluding hydrogens is 302 g/mol. The van der Waals surface area contributed by atoms with Crippen molar-refractivity contribution in [2.45, 2.75) is 6.42 Å². The Bertz CT molecular complexity index is 750. The number of carbonyl (C=O) groups is 2. The summed E-state index contributed by atoms with van der Waals surface area (Å²) in [4.78, 5) is 24.1. The first-order valence-corrected chi connectivity index (χ1v) is 7.16. The molecule has 0 bridgehead atoms. The first kappa shape index (κ1) is 15.1. The lowest BCUT2D eigenvalue weighted by molar-refractivity contribution is -0.122. The lowest BCUT2D eigenvalue weighted by atomic mass is 10.2. The molecule has 0 aromatic heterocycles. The summed E-state index contributed by atoms with van der Waals surface area (Å²) < 4.78 is 25.9. The van der Waals surface area contributed by atoms with Gasteiger partial charge < -0.3 is 10.6 Å². The Hall–Kier alpha value is -2.76. The predicted molar refractivity (Wildman–Crippen MR) is 81.7 cm³/mol. The number of amides is 2. The standard InChI is InChI=1S/C17H14F2N2O2/c18-14-7-6-11(8-15(14)19)21-17(23)13-9-12(13)16(22)20-10-4-2-1-3-5-10/h1-8,12-13H,9H2,(H,20,22)(H,21,23). The van der Waals surface area contributed by atoms with Gasteiger partial charge >= 0.3 is 0 Å². The summed E-state index contributed by atoms with van der Waals surface area (Å²) in [5.41, 5.74) is 0.840. The molecule has 0 heterocycles. The van der Waals surface area contributed by atoms with Gasteiger partial charge in [0, 0.05) is 17.4 Å². The van der Waals surface area contributed by atoms with Crippen LogP contribution in [0.4, 0.5) is 20.2 Å². The minimum atomic E-state index is -1.03. The molecule has 2 unspecified atom stereocenters. The number of nitrogens with one attached hydrogen (secondary N) is 2. The van der Waals surface area contributed by atoms with Gasteiger partial charge in [-0.25, -0.2) is 8.78 Å². The molecule has 2 aromatic rings. The van der Waals surface area contributed by atoms with Gasteiger partial charge in [-0.1, -0.05) is 18.2 Å². The van der Waals surface area contributed by atoms with Crippen molar-refractivity contribution >= 4 is 23.2 Å². The van der Waals surface area contributed by atoms with Crippen LogP contribution in [0.5, 0.6) is 0 Å². The summed E-state index contributed by atoms with van der Waals surface area (Å²) in [6.07, 6.45) is 0.439. The number of rotatable bonds is 4. The lowest BCUT2D eigenvalue weighted by Gasteiger charge is -2.06. The van der Waals surface area contributed by atoms with Gasteiger partial charge in [0.1, 0.15) is 0 Å². The average molecular weight is 316 g/mol. The first-order valence-electron chi connectivity index (χ1n) is 7.16. The molecule has 2 aromatic carbocycles. The Balaban J connectivity index is 1.56. The van der Waals surface area contributed by atoms with Crippen LogP contribution >= 0.6 is 0 Å². The van der Waals surface area contributed by atoms with Crippen molar-refractivity contribution in [1.82, 2.24) is 0 Å². The molecule has 6 heteroatoms. The Kier molecular flexibility index (Phi) is 4.06. The van der Waals surface area contributed by atoms with Crippen molar-refractivity contribution < 1.29 is 18.4 Å². The van der Waals surface area contributed by atoms with Crippen molar-refractivity contribution in [3.8, 4) is 0 Å². The number of carbonyl (C=O) groups excluding carboxylic acids is 2. The fourth-order valence-electron chi connectivity index (χ4n) is 2.34. The molecular formula is C17H14F2N2O2. The SMILES string of the molecule is O=C(Nc1ccccc1)C1CC1C(=O)Nc1ccc(F)c(F)c1. The first-order chi connectivity index (χ1) is 11.0. The number of para-hydroxylation sites is 1. The van der Waals surface area contributed by atoms with E-state index < -0.39 is 23.5 Å². The molecule has 1 aliphatic rings. The van der Waals surface area contributed by atoms with E-state index in [1.807, 2.05) is 6.07 Å². The zero-order valence-corrected chi connectivity index (χ0v) is 12.1. The second kappa shape index (κ2) is 6.16. The lowest BCUT2D eigenvalue weighted by Crippen LogP contribution is -2.20. The quantitative estimate of drug-likeness (QED) is 0.910. The molecule has 118 valence electrons. The predicted octanol–water partition coefficient (Wildman–Crippen LogP) is 3.18. The maximum Gasteiger partial charge on any atom is 0.228 e. The summed E-state index contributed by atoms with van der Waals surface area (Å²) in [5.74, 6) is -3.45. The highest BCUT2D eigenvalue weighted by molar-refractivity contribution is 6.03. The van der Waals surface area contributed by atoms with E-state index in [-0.39, 0.29) is 17.5 Å². The molecule has 3 rings (SSSR count). The molecule has 0 aliphatic heterocycles. The molecule has 2 atom stereocenters. The minimum Gasteiger partial charge on any atom is -0.326 e. The van der Waals surface area contributed by atoms with Crippen LogP contribution in [0.15, 0.2) is 48.5 Å². The largest absolute Gasteiger partial charge is 0.326 e. The van der Waals surface area contributed by atoms with E-state index in [1.165, 1.54) is 6.07 Å². The molecule has 4 nitrogen and oxygen atoms in total. The summed E-state index contributed by atoms with van der Waals surface area (Å²) in [5, 5.41) is 5.24. The summed E-state index contributed by atoms with van der Waals surface area (Å²) in [6, 6.07) is 12.1. The van der Waals surface area contributed by atoms with Crippen LogP contribution < -0.4 is 10.6 Å². The van der Waals surface area contributed by atoms with Gasteiger partial charge in [0.15, 0.2) is 11.6 Å². The van der Waals surface area contributed by atoms with Crippen LogP contribution in [-0.2, 0) is 9.59 Å². The van der Waals surface area contributed by atoms with Crippen LogP contribution in [0, 0.1) is 23.5 Å². The van der Waals surface area contributed by atoms with E-state index in [1.54, 1.807) is 24.3 Å². The fourth-order valence-corrected chi connectivity index (χ4v) is 2.34. The molecule has 1 fully saturated rings. The third-order valence-corrected chi connectivity index (χ3v) is 3.69. The fraction of sp³-hybridized carbons (Fsp3) is 0.176. The van der Waals surface area contributed by atoms with Gasteiger partial charge in [-0.15, -0.1) is 0 Å². The van der Waals surface area contributed by atoms with E-state index in [9.17, 15) is 18.4 Å². The highest BCUT2D eigenvalue weighted by atomic mass is 19.2. The number of hydrogen-bond donors (Lipinski definition) is 2. The highest BCUT2D eigenvalue weighted by Crippen LogP contribution is 2.40. The monoisotopic (exact) mass is 316 g/mol. The van der Waals surface area contributed by atoms with E-state index in [0.29, 0.717) is 12.1 Å². The maximum absolute atomic E-state index is 13.1. The molecule has 0 radical (unpaired) electrons. The summed E-state index contributed by atoms with van der Waals surface area (Å²) >= 11 is 0. The van der Waals surface area contributed by atoms with Crippen LogP contribution in [0.25, 0.3) is 0 Å². The summed E-state index contributed by atoms with van der Waals surface area (Å²) in [6.45, 7) is 0. The van der Waals surface area contributed by atoms with Crippen molar-refractivity contribution in [3.63, 3.8) is 0 Å². The topological polar surface area (TPSA) is 58.2 Å². The maximum atomic E-state index is 13.1. The van der Waals surface area contributed by atoms with Gasteiger partial charge in [0.05, 0.1) is 11.8 Å². The van der Waals surface area contributed by atoms with Gasteiger partial charge in [-0.2, -0.15) is 0 Å². The molecule has 2 N–H and O–H groups in total. The third kappa shape index (κ3) is 3.53. The smallest absolute Gasteiger partial charge is 0.228 e. The van der Waals surface area contributed by atoms with E-state index in [0.717, 1.165) is 12.1 Å². The van der Waals surface area contributed by atoms with Crippen molar-refractivity contribution in [2.24, 2.45) is 11.8 Å². The third-order valence-electron chi connectivity index (χ3n) is 3.69. The van der Waals surface area contributed by atoms with Gasteiger partial charge in [0.25, 0.3) is 0 Å². The zero-order chi connectivity index (χ0) is 16.4. The zero-order valence-electron chi connectivity index (χ0n) is 12.1. The number of halogens is 2. The minimum absolute atomic E-state index is 0.169. The molecule has 0 saturated heterocycles. The Morgan fingerprint density at radius 2 is 1.43 bits per heavy atom. The van der Waals surface area contributed by atoms with Gasteiger partial charge in [-0.05, 0) is 30.7 Å². The van der Waals surface area contributed by atoms with Crippen molar-refractivity contribution in [2.75, 3.05) is 10.6 Å². The van der Waals surface area contributed by atoms with Crippen molar-refractivity contribution in [1.29, 1.82) is 0 Å². The number of anilines is 2. The normalized spacial score (nSPS) is 19.0. The van der Waals surface area contributed by atoms with Crippen LogP contribution in [0.3, 0.4) is 0 Å². The molecule has 23 heavy (non-hydrogen) atoms. The number of benzene rings is 2. The second-order valence-corrected chi connectivity index (χ2v) is 5.42. The average Bonchev–Trinajstić information content (AvgIpc) is 3.33. The van der Waals surface area contributed by atoms with E-state index >= 15 is 0 Å². The molecule has 2 amide bonds. The van der Waals surface area contributed by atoms with Crippen LogP contribution in [-0.4, -0.2) is 11.8 Å². The van der Waals surface area contributed by atoms with Gasteiger partial charge in [-0.3, -0.25) is 9.59 Å². The molecule has 1 saturated carbocycles. The van der Waals surface area contributed by atoms with Crippen LogP contribution in [0.1, 0.15) is 6.42 Å². The van der Waals surface area contributed by atoms with E-state index in [4.69, 9.17) is 0 Å². The number of hydrogen-bond acceptors (Lipinski definition) is 2. The van der Waals surface area contributed by atoms with Crippen LogP contribution in [0.2, 0.25) is 0 Å². The summed E-state index contributed by atoms with van der Waals surface area (Å²) in [7, 11) is 0. The van der Waals surface area contributed by atoms with E-state index in [2.05, 4.69) is 10.6 Å². The second-order valence-electron chi connectivity index (χ2n) is 5.42. The Morgan fingerprint density at radius 1 is 0.826 bits per heavy atom. The Labute approximate surface area is 131 Å². The molecule has 0 spiro atoms.